The van der Waals surface area contributed by atoms with Gasteiger partial charge in [-0.2, -0.15) is 0 Å². The van der Waals surface area contributed by atoms with Gasteiger partial charge in [-0.05, 0) is 119 Å². The lowest BCUT2D eigenvalue weighted by atomic mass is 9.55. The highest BCUT2D eigenvalue weighted by molar-refractivity contribution is 7.61. The van der Waals surface area contributed by atoms with Crippen LogP contribution < -0.4 is 0 Å². The first-order valence-corrected chi connectivity index (χ1v) is 14.2. The number of unbranched alkanes of at least 4 members (excludes halogenated alkanes) is 2. The monoisotopic (exact) mass is 373 g/mol. The van der Waals surface area contributed by atoms with E-state index >= 15 is 0 Å². The lowest BCUT2D eigenvalue weighted by molar-refractivity contribution is 0.0185. The largest absolute Gasteiger partial charge is 0.0790 e. The van der Waals surface area contributed by atoms with Crippen molar-refractivity contribution in [2.45, 2.75) is 114 Å². The molecule has 0 radical (unpaired) electrons. The van der Waals surface area contributed by atoms with Crippen LogP contribution in [-0.2, 0) is 0 Å². The predicted octanol–water partition coefficient (Wildman–Crippen LogP) is 7.33. The maximum Gasteiger partial charge on any atom is 0.0790 e. The molecular formula is C25H42P+. The van der Waals surface area contributed by atoms with Crippen molar-refractivity contribution in [3.63, 3.8) is 0 Å². The summed E-state index contributed by atoms with van der Waals surface area (Å²) >= 11 is 0. The first-order chi connectivity index (χ1) is 12.7. The molecule has 0 saturated heterocycles. The van der Waals surface area contributed by atoms with E-state index in [4.69, 9.17) is 0 Å². The average Bonchev–Trinajstić information content (AvgIpc) is 2.56. The van der Waals surface area contributed by atoms with E-state index in [-0.39, 0.29) is 7.92 Å². The molecule has 0 aromatic carbocycles. The molecule has 146 valence electrons. The zero-order valence-corrected chi connectivity index (χ0v) is 18.3. The molecule has 0 aromatic heterocycles. The van der Waals surface area contributed by atoms with Gasteiger partial charge in [-0.3, -0.25) is 0 Å². The first kappa shape index (κ1) is 17.3. The first-order valence-electron chi connectivity index (χ1n) is 12.5. The molecule has 0 nitrogen and oxygen atoms in total. The van der Waals surface area contributed by atoms with E-state index in [1.54, 1.807) is 89.6 Å². The topological polar surface area (TPSA) is 0 Å². The quantitative estimate of drug-likeness (QED) is 0.338. The highest BCUT2D eigenvalue weighted by atomic mass is 31.1. The van der Waals surface area contributed by atoms with E-state index in [0.717, 1.165) is 10.3 Å². The van der Waals surface area contributed by atoms with Crippen molar-refractivity contribution in [1.29, 1.82) is 0 Å². The van der Waals surface area contributed by atoms with Gasteiger partial charge < -0.3 is 0 Å². The minimum Gasteiger partial charge on any atom is -0.0654 e. The molecule has 0 amide bonds. The Morgan fingerprint density at radius 1 is 0.577 bits per heavy atom. The third-order valence-electron chi connectivity index (χ3n) is 10.4. The van der Waals surface area contributed by atoms with Crippen molar-refractivity contribution in [1.82, 2.24) is 0 Å². The van der Waals surface area contributed by atoms with Crippen LogP contribution in [0.2, 0.25) is 0 Å². The van der Waals surface area contributed by atoms with Crippen LogP contribution in [0.4, 0.5) is 0 Å². The Balaban J connectivity index is 1.35. The molecular weight excluding hydrogens is 331 g/mol. The van der Waals surface area contributed by atoms with Crippen molar-refractivity contribution in [3.05, 3.63) is 0 Å². The summed E-state index contributed by atoms with van der Waals surface area (Å²) in [5.41, 5.74) is 0. The van der Waals surface area contributed by atoms with E-state index in [2.05, 4.69) is 6.92 Å². The fraction of sp³-hybridized carbons (Fsp3) is 1.00. The molecule has 1 heteroatoms. The van der Waals surface area contributed by atoms with Crippen LogP contribution in [0.1, 0.15) is 103 Å². The second-order valence-electron chi connectivity index (χ2n) is 12.3. The molecule has 0 spiro atoms. The molecule has 8 aliphatic rings. The molecule has 26 heavy (non-hydrogen) atoms. The van der Waals surface area contributed by atoms with Gasteiger partial charge in [0.2, 0.25) is 0 Å². The zero-order chi connectivity index (χ0) is 17.4. The molecule has 0 aromatic rings. The van der Waals surface area contributed by atoms with Gasteiger partial charge in [0.15, 0.2) is 0 Å². The van der Waals surface area contributed by atoms with E-state index in [0.29, 0.717) is 0 Å². The Kier molecular flexibility index (Phi) is 4.13. The Bertz CT molecular complexity index is 434. The van der Waals surface area contributed by atoms with Gasteiger partial charge in [-0.1, -0.05) is 19.8 Å². The maximum absolute atomic E-state index is 2.42. The van der Waals surface area contributed by atoms with Crippen LogP contribution in [0.25, 0.3) is 0 Å². The smallest absolute Gasteiger partial charge is 0.0654 e. The Hall–Kier alpha value is 0.430. The van der Waals surface area contributed by atoms with Crippen LogP contribution in [0, 0.1) is 35.5 Å². The maximum atomic E-state index is 2.42. The normalized spacial score (nSPS) is 54.8. The van der Waals surface area contributed by atoms with Crippen LogP contribution in [0.5, 0.6) is 0 Å². The lowest BCUT2D eigenvalue weighted by Gasteiger charge is -2.63. The van der Waals surface area contributed by atoms with E-state index in [9.17, 15) is 0 Å². The lowest BCUT2D eigenvalue weighted by Crippen LogP contribution is -2.56. The predicted molar refractivity (Wildman–Crippen MR) is 115 cm³/mol. The number of rotatable bonds is 6. The molecule has 8 saturated carbocycles. The fourth-order valence-corrected chi connectivity index (χ4v) is 16.6. The van der Waals surface area contributed by atoms with Crippen LogP contribution in [0.3, 0.4) is 0 Å². The highest BCUT2D eigenvalue weighted by Crippen LogP contribution is 2.78. The second-order valence-corrected chi connectivity index (χ2v) is 15.9. The summed E-state index contributed by atoms with van der Waals surface area (Å²) in [5, 5.41) is 1.83. The van der Waals surface area contributed by atoms with Gasteiger partial charge in [0, 0.05) is 7.92 Å². The Morgan fingerprint density at radius 2 is 0.923 bits per heavy atom. The van der Waals surface area contributed by atoms with E-state index in [1.165, 1.54) is 48.3 Å². The minimum atomic E-state index is -0.205. The molecule has 0 aliphatic heterocycles. The molecule has 8 fully saturated rings. The fourth-order valence-electron chi connectivity index (χ4n) is 10.6. The van der Waals surface area contributed by atoms with Crippen LogP contribution in [0.15, 0.2) is 0 Å². The Morgan fingerprint density at radius 3 is 1.23 bits per heavy atom. The summed E-state index contributed by atoms with van der Waals surface area (Å²) in [6.45, 7) is 2.42. The van der Waals surface area contributed by atoms with Crippen LogP contribution in [-0.4, -0.2) is 16.5 Å². The minimum absolute atomic E-state index is 0.205. The summed E-state index contributed by atoms with van der Waals surface area (Å²) in [5.74, 6) is 7.01. The van der Waals surface area contributed by atoms with Gasteiger partial charge in [0.05, 0.1) is 16.5 Å². The zero-order valence-electron chi connectivity index (χ0n) is 17.3. The third-order valence-corrected chi connectivity index (χ3v) is 15.0. The molecule has 0 N–H and O–H groups in total. The summed E-state index contributed by atoms with van der Waals surface area (Å²) in [6.07, 6.45) is 26.4. The summed E-state index contributed by atoms with van der Waals surface area (Å²) in [7, 11) is -0.205. The van der Waals surface area contributed by atoms with Gasteiger partial charge in [0.25, 0.3) is 0 Å². The van der Waals surface area contributed by atoms with Crippen molar-refractivity contribution in [3.8, 4) is 0 Å². The number of hydrogen-bond acceptors (Lipinski definition) is 0. The summed E-state index contributed by atoms with van der Waals surface area (Å²) in [6, 6.07) is 0. The number of hydrogen-bond donors (Lipinski definition) is 0. The SMILES string of the molecule is CCCCC[PH+](C12CC3CC(CC(C3)C1)C2)C12CC3CC(CC(C3)C1)C2. The molecule has 0 heterocycles. The third kappa shape index (κ3) is 2.63. The van der Waals surface area contributed by atoms with Crippen molar-refractivity contribution in [2.75, 3.05) is 6.16 Å². The molecule has 0 unspecified atom stereocenters. The van der Waals surface area contributed by atoms with E-state index < -0.39 is 0 Å². The van der Waals surface area contributed by atoms with Crippen LogP contribution >= 0.6 is 7.92 Å². The van der Waals surface area contributed by atoms with Gasteiger partial charge in [0.1, 0.15) is 0 Å². The van der Waals surface area contributed by atoms with Crippen molar-refractivity contribution < 1.29 is 0 Å². The Labute approximate surface area is 163 Å². The van der Waals surface area contributed by atoms with Gasteiger partial charge >= 0.3 is 0 Å². The van der Waals surface area contributed by atoms with Gasteiger partial charge in [-0.25, -0.2) is 0 Å². The average molecular weight is 374 g/mol. The van der Waals surface area contributed by atoms with E-state index in [1.807, 2.05) is 0 Å². The second kappa shape index (κ2) is 6.21. The summed E-state index contributed by atoms with van der Waals surface area (Å²) < 4.78 is 0. The molecule has 8 bridgehead atoms. The summed E-state index contributed by atoms with van der Waals surface area (Å²) in [4.78, 5) is 0. The standard InChI is InChI=1S/C25H41P/c1-2-3-4-5-26(24-12-18-6-19(13-24)8-20(7-18)14-24)25-15-21-9-22(16-25)11-23(10-21)17-25/h18-23H,2-17H2,1H3/p+1. The highest BCUT2D eigenvalue weighted by Gasteiger charge is 2.66. The molecule has 8 rings (SSSR count). The van der Waals surface area contributed by atoms with Crippen molar-refractivity contribution >= 4 is 7.92 Å². The van der Waals surface area contributed by atoms with Gasteiger partial charge in [-0.15, -0.1) is 0 Å². The molecule has 0 atom stereocenters. The van der Waals surface area contributed by atoms with Crippen molar-refractivity contribution in [2.24, 2.45) is 35.5 Å². The molecule has 8 aliphatic carbocycles.